The van der Waals surface area contributed by atoms with E-state index in [1.165, 1.54) is 11.5 Å². The summed E-state index contributed by atoms with van der Waals surface area (Å²) < 4.78 is 5.86. The molecule has 0 amide bonds. The first kappa shape index (κ1) is 15.0. The summed E-state index contributed by atoms with van der Waals surface area (Å²) in [5, 5.41) is 4.34. The van der Waals surface area contributed by atoms with Crippen LogP contribution in [0.2, 0.25) is 0 Å². The molecule has 0 saturated carbocycles. The van der Waals surface area contributed by atoms with Crippen molar-refractivity contribution in [2.75, 3.05) is 23.3 Å². The molecule has 1 saturated heterocycles. The van der Waals surface area contributed by atoms with Gasteiger partial charge in [-0.25, -0.2) is 9.97 Å². The van der Waals surface area contributed by atoms with Crippen LogP contribution in [-0.4, -0.2) is 38.0 Å². The van der Waals surface area contributed by atoms with Gasteiger partial charge in [0.2, 0.25) is 5.13 Å². The standard InChI is InChI=1S/C14H20N6OS/c1-3-11-17-14(22-18-11)16-10-4-7-20(8-5-10)12-13(21)19(2)9-6-15-12/h6,9-10H,3-5,7-8H2,1-2H3,(H,16,17,18). The minimum absolute atomic E-state index is 0.0365. The topological polar surface area (TPSA) is 75.9 Å². The van der Waals surface area contributed by atoms with Gasteiger partial charge in [0.1, 0.15) is 5.82 Å². The molecule has 8 heteroatoms. The fourth-order valence-electron chi connectivity index (χ4n) is 2.57. The highest BCUT2D eigenvalue weighted by Gasteiger charge is 2.22. The Labute approximate surface area is 133 Å². The van der Waals surface area contributed by atoms with E-state index in [1.54, 1.807) is 24.0 Å². The zero-order chi connectivity index (χ0) is 15.5. The third-order valence-corrected chi connectivity index (χ3v) is 4.59. The first-order chi connectivity index (χ1) is 10.7. The van der Waals surface area contributed by atoms with Gasteiger partial charge in [0.05, 0.1) is 0 Å². The summed E-state index contributed by atoms with van der Waals surface area (Å²) in [7, 11) is 1.75. The number of hydrogen-bond donors (Lipinski definition) is 1. The molecule has 3 heterocycles. The number of aromatic nitrogens is 4. The maximum Gasteiger partial charge on any atom is 0.293 e. The molecule has 0 spiro atoms. The van der Waals surface area contributed by atoms with Crippen molar-refractivity contribution in [2.24, 2.45) is 7.05 Å². The second-order valence-corrected chi connectivity index (χ2v) is 6.19. The molecule has 0 radical (unpaired) electrons. The van der Waals surface area contributed by atoms with Gasteiger partial charge in [-0.15, -0.1) is 0 Å². The highest BCUT2D eigenvalue weighted by atomic mass is 32.1. The molecule has 118 valence electrons. The largest absolute Gasteiger partial charge is 0.357 e. The second-order valence-electron chi connectivity index (χ2n) is 5.44. The quantitative estimate of drug-likeness (QED) is 0.914. The third kappa shape index (κ3) is 3.11. The summed E-state index contributed by atoms with van der Waals surface area (Å²) in [6.45, 7) is 3.70. The lowest BCUT2D eigenvalue weighted by Crippen LogP contribution is -2.42. The molecule has 0 unspecified atom stereocenters. The van der Waals surface area contributed by atoms with Crippen molar-refractivity contribution < 1.29 is 0 Å². The molecule has 0 aliphatic carbocycles. The number of rotatable bonds is 4. The van der Waals surface area contributed by atoms with Gasteiger partial charge in [0.25, 0.3) is 5.56 Å². The molecule has 0 atom stereocenters. The first-order valence-corrected chi connectivity index (χ1v) is 8.30. The lowest BCUT2D eigenvalue weighted by atomic mass is 10.1. The Morgan fingerprint density at radius 3 is 2.86 bits per heavy atom. The molecule has 22 heavy (non-hydrogen) atoms. The number of anilines is 2. The lowest BCUT2D eigenvalue weighted by Gasteiger charge is -2.32. The highest BCUT2D eigenvalue weighted by molar-refractivity contribution is 7.09. The summed E-state index contributed by atoms with van der Waals surface area (Å²) in [6.07, 6.45) is 6.14. The summed E-state index contributed by atoms with van der Waals surface area (Å²) in [5.41, 5.74) is -0.0365. The average Bonchev–Trinajstić information content (AvgIpc) is 2.99. The number of nitrogens with zero attached hydrogens (tertiary/aromatic N) is 5. The zero-order valence-electron chi connectivity index (χ0n) is 12.8. The van der Waals surface area contributed by atoms with E-state index in [0.717, 1.165) is 43.3 Å². The Hall–Kier alpha value is -1.96. The molecule has 1 fully saturated rings. The summed E-state index contributed by atoms with van der Waals surface area (Å²) in [5.74, 6) is 1.44. The Morgan fingerprint density at radius 1 is 1.41 bits per heavy atom. The van der Waals surface area contributed by atoms with Crippen LogP contribution in [0, 0.1) is 0 Å². The fraction of sp³-hybridized carbons (Fsp3) is 0.571. The predicted molar refractivity (Wildman–Crippen MR) is 87.6 cm³/mol. The SMILES string of the molecule is CCc1nsc(NC2CCN(c3nccn(C)c3=O)CC2)n1. The van der Waals surface area contributed by atoms with E-state index in [4.69, 9.17) is 0 Å². The van der Waals surface area contributed by atoms with Gasteiger partial charge in [0, 0.05) is 56.5 Å². The van der Waals surface area contributed by atoms with Crippen molar-refractivity contribution in [3.8, 4) is 0 Å². The van der Waals surface area contributed by atoms with Crippen LogP contribution in [0.25, 0.3) is 0 Å². The van der Waals surface area contributed by atoms with Gasteiger partial charge < -0.3 is 14.8 Å². The number of piperidine rings is 1. The Bertz CT molecular complexity index is 689. The van der Waals surface area contributed by atoms with E-state index >= 15 is 0 Å². The maximum absolute atomic E-state index is 12.1. The van der Waals surface area contributed by atoms with Crippen LogP contribution in [-0.2, 0) is 13.5 Å². The van der Waals surface area contributed by atoms with Crippen molar-refractivity contribution in [1.82, 2.24) is 18.9 Å². The van der Waals surface area contributed by atoms with Crippen molar-refractivity contribution >= 4 is 22.5 Å². The second kappa shape index (κ2) is 6.43. The minimum atomic E-state index is -0.0365. The van der Waals surface area contributed by atoms with Gasteiger partial charge in [-0.05, 0) is 12.8 Å². The Kier molecular flexibility index (Phi) is 4.37. The molecular weight excluding hydrogens is 300 g/mol. The van der Waals surface area contributed by atoms with Crippen molar-refractivity contribution in [3.05, 3.63) is 28.6 Å². The third-order valence-electron chi connectivity index (χ3n) is 3.91. The molecule has 2 aromatic rings. The van der Waals surface area contributed by atoms with E-state index in [2.05, 4.69) is 31.5 Å². The number of nitrogens with one attached hydrogen (secondary N) is 1. The molecule has 1 aliphatic rings. The molecule has 7 nitrogen and oxygen atoms in total. The molecule has 0 aromatic carbocycles. The van der Waals surface area contributed by atoms with Crippen LogP contribution < -0.4 is 15.8 Å². The van der Waals surface area contributed by atoms with Crippen LogP contribution >= 0.6 is 11.5 Å². The summed E-state index contributed by atoms with van der Waals surface area (Å²) in [6, 6.07) is 0.376. The van der Waals surface area contributed by atoms with Crippen LogP contribution in [0.3, 0.4) is 0 Å². The van der Waals surface area contributed by atoms with E-state index in [-0.39, 0.29) is 5.56 Å². The smallest absolute Gasteiger partial charge is 0.293 e. The van der Waals surface area contributed by atoms with Gasteiger partial charge in [-0.3, -0.25) is 4.79 Å². The van der Waals surface area contributed by atoms with Crippen LogP contribution in [0.4, 0.5) is 10.9 Å². The Balaban J connectivity index is 1.60. The number of hydrogen-bond acceptors (Lipinski definition) is 7. The van der Waals surface area contributed by atoms with E-state index in [0.29, 0.717) is 11.9 Å². The minimum Gasteiger partial charge on any atom is -0.357 e. The van der Waals surface area contributed by atoms with E-state index < -0.39 is 0 Å². The highest BCUT2D eigenvalue weighted by Crippen LogP contribution is 2.20. The average molecular weight is 320 g/mol. The predicted octanol–water partition coefficient (Wildman–Crippen LogP) is 1.28. The Morgan fingerprint density at radius 2 is 2.18 bits per heavy atom. The number of aryl methyl sites for hydroxylation is 2. The molecule has 1 aliphatic heterocycles. The molecule has 3 rings (SSSR count). The van der Waals surface area contributed by atoms with Gasteiger partial charge in [-0.2, -0.15) is 4.37 Å². The molecule has 1 N–H and O–H groups in total. The van der Waals surface area contributed by atoms with Gasteiger partial charge >= 0.3 is 0 Å². The van der Waals surface area contributed by atoms with Crippen LogP contribution in [0.1, 0.15) is 25.6 Å². The summed E-state index contributed by atoms with van der Waals surface area (Å²) in [4.78, 5) is 22.9. The zero-order valence-corrected chi connectivity index (χ0v) is 13.6. The van der Waals surface area contributed by atoms with Crippen LogP contribution in [0.15, 0.2) is 17.2 Å². The van der Waals surface area contributed by atoms with Crippen molar-refractivity contribution in [2.45, 2.75) is 32.2 Å². The monoisotopic (exact) mass is 320 g/mol. The molecule has 0 bridgehead atoms. The maximum atomic E-state index is 12.1. The van der Waals surface area contributed by atoms with Crippen molar-refractivity contribution in [3.63, 3.8) is 0 Å². The normalized spacial score (nSPS) is 16.0. The lowest BCUT2D eigenvalue weighted by molar-refractivity contribution is 0.520. The molecule has 2 aromatic heterocycles. The van der Waals surface area contributed by atoms with E-state index in [1.807, 2.05) is 0 Å². The summed E-state index contributed by atoms with van der Waals surface area (Å²) >= 11 is 1.42. The van der Waals surface area contributed by atoms with E-state index in [9.17, 15) is 4.79 Å². The van der Waals surface area contributed by atoms with Gasteiger partial charge in [0.15, 0.2) is 5.82 Å². The first-order valence-electron chi connectivity index (χ1n) is 7.53. The molecular formula is C14H20N6OS. The van der Waals surface area contributed by atoms with Crippen LogP contribution in [0.5, 0.6) is 0 Å². The van der Waals surface area contributed by atoms with Crippen molar-refractivity contribution in [1.29, 1.82) is 0 Å². The van der Waals surface area contributed by atoms with Gasteiger partial charge in [-0.1, -0.05) is 6.92 Å². The fourth-order valence-corrected chi connectivity index (χ4v) is 3.30.